The molecule has 0 amide bonds. The number of imidazole rings is 1. The Morgan fingerprint density at radius 2 is 1.71 bits per heavy atom. The summed E-state index contributed by atoms with van der Waals surface area (Å²) in [5.41, 5.74) is -2.98. The van der Waals surface area contributed by atoms with Crippen molar-refractivity contribution in [1.82, 2.24) is 9.38 Å². The van der Waals surface area contributed by atoms with Gasteiger partial charge in [0.25, 0.3) is 11.2 Å². The molecular formula is C19H8F3N3O3. The molecule has 0 N–H and O–H groups in total. The van der Waals surface area contributed by atoms with E-state index in [1.807, 2.05) is 0 Å². The minimum Gasteiger partial charge on any atom is -0.268 e. The van der Waals surface area contributed by atoms with Crippen LogP contribution in [0.25, 0.3) is 38.2 Å². The molecule has 0 unspecified atom stereocenters. The van der Waals surface area contributed by atoms with Gasteiger partial charge in [-0.15, -0.1) is 0 Å². The van der Waals surface area contributed by atoms with E-state index >= 15 is 0 Å². The third-order valence-corrected chi connectivity index (χ3v) is 4.83. The van der Waals surface area contributed by atoms with Crippen LogP contribution in [0.2, 0.25) is 0 Å². The van der Waals surface area contributed by atoms with Crippen LogP contribution in [0, 0.1) is 10.1 Å². The van der Waals surface area contributed by atoms with E-state index in [9.17, 15) is 28.1 Å². The Morgan fingerprint density at radius 3 is 2.36 bits per heavy atom. The van der Waals surface area contributed by atoms with Crippen molar-refractivity contribution in [2.45, 2.75) is 6.18 Å². The Bertz CT molecular complexity index is 1500. The van der Waals surface area contributed by atoms with Crippen molar-refractivity contribution in [3.8, 4) is 0 Å². The summed E-state index contributed by atoms with van der Waals surface area (Å²) in [6.45, 7) is 0. The summed E-state index contributed by atoms with van der Waals surface area (Å²) in [7, 11) is 0. The molecular weight excluding hydrogens is 375 g/mol. The largest absolute Gasteiger partial charge is 0.416 e. The average molecular weight is 383 g/mol. The molecule has 0 spiro atoms. The van der Waals surface area contributed by atoms with E-state index < -0.39 is 27.9 Å². The van der Waals surface area contributed by atoms with Crippen molar-refractivity contribution in [2.75, 3.05) is 0 Å². The topological polar surface area (TPSA) is 77.5 Å². The number of non-ortho nitro benzene ring substituents is 1. The lowest BCUT2D eigenvalue weighted by Crippen LogP contribution is -2.14. The van der Waals surface area contributed by atoms with E-state index in [2.05, 4.69) is 4.98 Å². The Morgan fingerprint density at radius 1 is 1.04 bits per heavy atom. The predicted molar refractivity (Wildman–Crippen MR) is 96.8 cm³/mol. The van der Waals surface area contributed by atoms with Crippen molar-refractivity contribution >= 4 is 43.9 Å². The Hall–Kier alpha value is -3.75. The Balaban J connectivity index is 2.11. The maximum atomic E-state index is 13.2. The second-order valence-electron chi connectivity index (χ2n) is 6.40. The summed E-state index contributed by atoms with van der Waals surface area (Å²) in [6, 6.07) is 11.5. The second-order valence-corrected chi connectivity index (χ2v) is 6.40. The van der Waals surface area contributed by atoms with Crippen molar-refractivity contribution in [1.29, 1.82) is 0 Å². The van der Waals surface area contributed by atoms with Gasteiger partial charge in [0.15, 0.2) is 5.52 Å². The van der Waals surface area contributed by atoms with E-state index in [1.165, 1.54) is 0 Å². The lowest BCUT2D eigenvalue weighted by Gasteiger charge is -2.07. The number of halogens is 3. The Kier molecular flexibility index (Phi) is 3.02. The zero-order chi connectivity index (χ0) is 19.8. The minimum absolute atomic E-state index is 0.0896. The van der Waals surface area contributed by atoms with Crippen LogP contribution in [0.15, 0.2) is 53.3 Å². The smallest absolute Gasteiger partial charge is 0.268 e. The molecule has 2 aromatic heterocycles. The molecule has 0 atom stereocenters. The van der Waals surface area contributed by atoms with Crippen LogP contribution in [0.1, 0.15) is 5.56 Å². The SMILES string of the molecule is O=c1c2cccc3cccc(c32)c2nc3cc(C(F)(F)F)cc([N+](=O)[O-])c3n12. The molecule has 5 aromatic rings. The number of nitrogens with zero attached hydrogens (tertiary/aromatic N) is 3. The van der Waals surface area contributed by atoms with Gasteiger partial charge in [-0.25, -0.2) is 4.98 Å². The molecule has 0 saturated heterocycles. The fourth-order valence-corrected chi connectivity index (χ4v) is 3.70. The summed E-state index contributed by atoms with van der Waals surface area (Å²) >= 11 is 0. The fraction of sp³-hybridized carbons (Fsp3) is 0.0526. The number of nitro groups is 1. The zero-order valence-electron chi connectivity index (χ0n) is 13.8. The van der Waals surface area contributed by atoms with Gasteiger partial charge in [0.1, 0.15) is 5.65 Å². The molecule has 138 valence electrons. The van der Waals surface area contributed by atoms with Crippen molar-refractivity contribution in [3.05, 3.63) is 74.6 Å². The van der Waals surface area contributed by atoms with Crippen molar-refractivity contribution in [2.24, 2.45) is 0 Å². The number of nitro benzene ring substituents is 1. The van der Waals surface area contributed by atoms with Gasteiger partial charge in [0.2, 0.25) is 0 Å². The molecule has 0 bridgehead atoms. The molecule has 28 heavy (non-hydrogen) atoms. The van der Waals surface area contributed by atoms with Gasteiger partial charge in [-0.05, 0) is 17.5 Å². The van der Waals surface area contributed by atoms with Gasteiger partial charge in [0.05, 0.1) is 16.0 Å². The first-order valence-electron chi connectivity index (χ1n) is 8.12. The highest BCUT2D eigenvalue weighted by atomic mass is 19.4. The van der Waals surface area contributed by atoms with Gasteiger partial charge >= 0.3 is 6.18 Å². The van der Waals surface area contributed by atoms with Crippen LogP contribution in [-0.2, 0) is 6.18 Å². The van der Waals surface area contributed by atoms with Crippen molar-refractivity contribution in [3.63, 3.8) is 0 Å². The van der Waals surface area contributed by atoms with Crippen LogP contribution in [-0.4, -0.2) is 14.3 Å². The maximum Gasteiger partial charge on any atom is 0.416 e. The number of alkyl halides is 3. The first-order chi connectivity index (χ1) is 13.3. The van der Waals surface area contributed by atoms with E-state index in [4.69, 9.17) is 0 Å². The van der Waals surface area contributed by atoms with Crippen LogP contribution >= 0.6 is 0 Å². The summed E-state index contributed by atoms with van der Waals surface area (Å²) in [5.74, 6) is 0. The van der Waals surface area contributed by atoms with Gasteiger partial charge in [0, 0.05) is 22.2 Å². The van der Waals surface area contributed by atoms with E-state index in [1.54, 1.807) is 36.4 Å². The molecule has 0 aliphatic carbocycles. The van der Waals surface area contributed by atoms with Gasteiger partial charge in [-0.3, -0.25) is 19.3 Å². The fourth-order valence-electron chi connectivity index (χ4n) is 3.70. The van der Waals surface area contributed by atoms with Crippen LogP contribution in [0.5, 0.6) is 0 Å². The lowest BCUT2D eigenvalue weighted by atomic mass is 10.0. The zero-order valence-corrected chi connectivity index (χ0v) is 13.8. The third kappa shape index (κ3) is 2.04. The first kappa shape index (κ1) is 16.4. The summed E-state index contributed by atoms with van der Waals surface area (Å²) in [5, 5.41) is 13.7. The van der Waals surface area contributed by atoms with Gasteiger partial charge < -0.3 is 0 Å². The molecule has 9 heteroatoms. The first-order valence-corrected chi connectivity index (χ1v) is 8.12. The maximum absolute atomic E-state index is 13.2. The van der Waals surface area contributed by atoms with Crippen LogP contribution in [0.3, 0.4) is 0 Å². The quantitative estimate of drug-likeness (QED) is 0.315. The monoisotopic (exact) mass is 383 g/mol. The highest BCUT2D eigenvalue weighted by Gasteiger charge is 2.35. The van der Waals surface area contributed by atoms with Gasteiger partial charge in [-0.2, -0.15) is 13.2 Å². The molecule has 6 nitrogen and oxygen atoms in total. The van der Waals surface area contributed by atoms with Crippen LogP contribution < -0.4 is 5.56 Å². The summed E-state index contributed by atoms with van der Waals surface area (Å²) in [6.07, 6.45) is -4.78. The second kappa shape index (κ2) is 5.16. The number of rotatable bonds is 1. The highest BCUT2D eigenvalue weighted by molar-refractivity contribution is 6.15. The highest BCUT2D eigenvalue weighted by Crippen LogP contribution is 2.37. The molecule has 2 heterocycles. The summed E-state index contributed by atoms with van der Waals surface area (Å²) in [4.78, 5) is 27.9. The predicted octanol–water partition coefficient (Wildman–Crippen LogP) is 4.52. The number of aromatic nitrogens is 2. The normalized spacial score (nSPS) is 12.5. The summed E-state index contributed by atoms with van der Waals surface area (Å²) < 4.78 is 40.6. The number of hydrogen-bond acceptors (Lipinski definition) is 4. The van der Waals surface area contributed by atoms with Crippen LogP contribution in [0.4, 0.5) is 18.9 Å². The molecule has 0 saturated carbocycles. The minimum atomic E-state index is -4.78. The molecule has 0 aliphatic heterocycles. The third-order valence-electron chi connectivity index (χ3n) is 4.83. The van der Waals surface area contributed by atoms with E-state index in [-0.39, 0.29) is 16.7 Å². The van der Waals surface area contributed by atoms with E-state index in [0.29, 0.717) is 22.2 Å². The van der Waals surface area contributed by atoms with Crippen molar-refractivity contribution < 1.29 is 18.1 Å². The lowest BCUT2D eigenvalue weighted by molar-refractivity contribution is -0.383. The molecule has 0 fully saturated rings. The number of fused-ring (bicyclic) bond motifs is 4. The molecule has 0 aliphatic rings. The van der Waals surface area contributed by atoms with Gasteiger partial charge in [-0.1, -0.05) is 30.3 Å². The number of pyridine rings is 1. The number of benzene rings is 3. The Labute approximate surface area is 152 Å². The standard InChI is InChI=1S/C19H8F3N3O3/c20-19(21,22)10-7-13-16(14(8-10)25(27)28)24-17(23-13)11-5-1-3-9-4-2-6-12(15(9)11)18(24)26/h1-8H. The average Bonchev–Trinajstić information content (AvgIpc) is 3.04. The van der Waals surface area contributed by atoms with E-state index in [0.717, 1.165) is 15.9 Å². The number of hydrogen-bond donors (Lipinski definition) is 0. The molecule has 0 radical (unpaired) electrons. The molecule has 3 aromatic carbocycles. The molecule has 5 rings (SSSR count).